The maximum absolute atomic E-state index is 12.3. The highest BCUT2D eigenvalue weighted by Gasteiger charge is 2.19. The Hall–Kier alpha value is -2.08. The largest absolute Gasteiger partial charge is 0.397 e. The number of rotatable bonds is 5. The van der Waals surface area contributed by atoms with Crippen molar-refractivity contribution in [2.75, 3.05) is 22.8 Å². The topological polar surface area (TPSA) is 76.3 Å². The van der Waals surface area contributed by atoms with Crippen LogP contribution in [0.5, 0.6) is 0 Å². The second-order valence-electron chi connectivity index (χ2n) is 4.45. The molecule has 0 radical (unpaired) electrons. The van der Waals surface area contributed by atoms with Gasteiger partial charge in [-0.3, -0.25) is 9.29 Å². The van der Waals surface area contributed by atoms with Crippen LogP contribution in [0.3, 0.4) is 0 Å². The summed E-state index contributed by atoms with van der Waals surface area (Å²) in [7, 11) is -1.88. The molecule has 0 saturated carbocycles. The minimum Gasteiger partial charge on any atom is -0.397 e. The van der Waals surface area contributed by atoms with Crippen LogP contribution in [0.15, 0.2) is 48.8 Å². The molecule has 0 saturated heterocycles. The van der Waals surface area contributed by atoms with E-state index < -0.39 is 10.0 Å². The minimum absolute atomic E-state index is 0.0296. The summed E-state index contributed by atoms with van der Waals surface area (Å²) in [4.78, 5) is 3.91. The van der Waals surface area contributed by atoms with Crippen molar-refractivity contribution in [3.8, 4) is 0 Å². The summed E-state index contributed by atoms with van der Waals surface area (Å²) in [5.74, 6) is 0.0296. The lowest BCUT2D eigenvalue weighted by molar-refractivity contribution is 0.593. The van der Waals surface area contributed by atoms with Gasteiger partial charge in [0.1, 0.15) is 0 Å². The van der Waals surface area contributed by atoms with Crippen molar-refractivity contribution >= 4 is 21.4 Å². The van der Waals surface area contributed by atoms with Crippen molar-refractivity contribution in [2.24, 2.45) is 0 Å². The van der Waals surface area contributed by atoms with Crippen LogP contribution in [0.1, 0.15) is 5.56 Å². The predicted octanol–water partition coefficient (Wildman–Crippen LogP) is 1.67. The first-order valence-corrected chi connectivity index (χ1v) is 7.81. The zero-order chi connectivity index (χ0) is 14.6. The van der Waals surface area contributed by atoms with E-state index in [-0.39, 0.29) is 5.75 Å². The smallest absolute Gasteiger partial charge is 0.235 e. The Balaban J connectivity index is 2.13. The first-order valence-electron chi connectivity index (χ1n) is 6.21. The normalized spacial score (nSPS) is 11.2. The SMILES string of the molecule is CN(c1ccccc1N)S(=O)(=O)CCc1ccncc1. The number of nitrogens with two attached hydrogens (primary N) is 1. The molecule has 5 nitrogen and oxygen atoms in total. The number of para-hydroxylation sites is 2. The average molecular weight is 291 g/mol. The molecule has 0 amide bonds. The van der Waals surface area contributed by atoms with E-state index in [1.165, 1.54) is 11.4 Å². The highest BCUT2D eigenvalue weighted by atomic mass is 32.2. The molecular formula is C14H17N3O2S. The Labute approximate surface area is 119 Å². The summed E-state index contributed by atoms with van der Waals surface area (Å²) in [5.41, 5.74) is 7.70. The second kappa shape index (κ2) is 5.92. The van der Waals surface area contributed by atoms with Crippen LogP contribution in [0, 0.1) is 0 Å². The molecule has 0 atom stereocenters. The number of aryl methyl sites for hydroxylation is 1. The number of pyridine rings is 1. The third kappa shape index (κ3) is 3.27. The molecule has 6 heteroatoms. The molecule has 0 aliphatic rings. The van der Waals surface area contributed by atoms with Gasteiger partial charge in [0.15, 0.2) is 0 Å². The summed E-state index contributed by atoms with van der Waals surface area (Å²) in [6, 6.07) is 10.5. The number of hydrogen-bond acceptors (Lipinski definition) is 4. The van der Waals surface area contributed by atoms with Crippen molar-refractivity contribution in [2.45, 2.75) is 6.42 Å². The molecule has 20 heavy (non-hydrogen) atoms. The summed E-state index contributed by atoms with van der Waals surface area (Å²) >= 11 is 0. The number of hydrogen-bond donors (Lipinski definition) is 1. The molecule has 106 valence electrons. The van der Waals surface area contributed by atoms with Gasteiger partial charge in [-0.05, 0) is 36.2 Å². The molecule has 2 N–H and O–H groups in total. The van der Waals surface area contributed by atoms with Gasteiger partial charge in [0.25, 0.3) is 0 Å². The fourth-order valence-electron chi connectivity index (χ4n) is 1.86. The summed E-state index contributed by atoms with van der Waals surface area (Å²) < 4.78 is 25.9. The van der Waals surface area contributed by atoms with Gasteiger partial charge in [-0.25, -0.2) is 8.42 Å². The van der Waals surface area contributed by atoms with E-state index in [9.17, 15) is 8.42 Å². The number of aromatic nitrogens is 1. The first-order chi connectivity index (χ1) is 9.50. The lowest BCUT2D eigenvalue weighted by atomic mass is 10.2. The van der Waals surface area contributed by atoms with Gasteiger partial charge in [0.05, 0.1) is 17.1 Å². The number of benzene rings is 1. The zero-order valence-electron chi connectivity index (χ0n) is 11.2. The van der Waals surface area contributed by atoms with Gasteiger partial charge in [0, 0.05) is 19.4 Å². The molecule has 0 unspecified atom stereocenters. The Morgan fingerprint density at radius 1 is 1.15 bits per heavy atom. The van der Waals surface area contributed by atoms with Gasteiger partial charge in [-0.1, -0.05) is 12.1 Å². The Morgan fingerprint density at radius 2 is 1.80 bits per heavy atom. The minimum atomic E-state index is -3.40. The average Bonchev–Trinajstić information content (AvgIpc) is 2.46. The first kappa shape index (κ1) is 14.3. The molecule has 2 aromatic rings. The van der Waals surface area contributed by atoms with Crippen molar-refractivity contribution in [3.63, 3.8) is 0 Å². The van der Waals surface area contributed by atoms with Crippen molar-refractivity contribution in [1.29, 1.82) is 0 Å². The number of nitrogens with zero attached hydrogens (tertiary/aromatic N) is 2. The summed E-state index contributed by atoms with van der Waals surface area (Å²) in [5, 5.41) is 0. The summed E-state index contributed by atoms with van der Waals surface area (Å²) in [6.45, 7) is 0. The standard InChI is InChI=1S/C14H17N3O2S/c1-17(14-5-3-2-4-13(14)15)20(18,19)11-8-12-6-9-16-10-7-12/h2-7,9-10H,8,11,15H2,1H3. The molecule has 0 fully saturated rings. The van der Waals surface area contributed by atoms with Crippen molar-refractivity contribution in [1.82, 2.24) is 4.98 Å². The van der Waals surface area contributed by atoms with Crippen molar-refractivity contribution < 1.29 is 8.42 Å². The highest BCUT2D eigenvalue weighted by molar-refractivity contribution is 7.92. The van der Waals surface area contributed by atoms with E-state index in [2.05, 4.69) is 4.98 Å². The molecule has 1 aromatic carbocycles. The van der Waals surface area contributed by atoms with E-state index >= 15 is 0 Å². The molecule has 0 aliphatic carbocycles. The molecule has 1 aromatic heterocycles. The number of nitrogen functional groups attached to an aromatic ring is 1. The maximum Gasteiger partial charge on any atom is 0.235 e. The Morgan fingerprint density at radius 3 is 2.45 bits per heavy atom. The predicted molar refractivity (Wildman–Crippen MR) is 81.0 cm³/mol. The van der Waals surface area contributed by atoms with Gasteiger partial charge in [-0.15, -0.1) is 0 Å². The van der Waals surface area contributed by atoms with E-state index in [1.807, 2.05) is 12.1 Å². The van der Waals surface area contributed by atoms with E-state index in [4.69, 9.17) is 5.73 Å². The van der Waals surface area contributed by atoms with Crippen LogP contribution < -0.4 is 10.0 Å². The van der Waals surface area contributed by atoms with Crippen LogP contribution in [-0.4, -0.2) is 26.2 Å². The van der Waals surface area contributed by atoms with Crippen LogP contribution >= 0.6 is 0 Å². The van der Waals surface area contributed by atoms with Crippen molar-refractivity contribution in [3.05, 3.63) is 54.4 Å². The molecule has 1 heterocycles. The molecule has 2 rings (SSSR count). The van der Waals surface area contributed by atoms with E-state index in [0.717, 1.165) is 5.56 Å². The third-order valence-corrected chi connectivity index (χ3v) is 4.84. The third-order valence-electron chi connectivity index (χ3n) is 3.09. The molecule has 0 aliphatic heterocycles. The number of sulfonamides is 1. The second-order valence-corrected chi connectivity index (χ2v) is 6.57. The fourth-order valence-corrected chi connectivity index (χ4v) is 3.09. The van der Waals surface area contributed by atoms with Gasteiger partial charge in [-0.2, -0.15) is 0 Å². The van der Waals surface area contributed by atoms with E-state index in [1.54, 1.807) is 36.7 Å². The fraction of sp³-hybridized carbons (Fsp3) is 0.214. The highest BCUT2D eigenvalue weighted by Crippen LogP contribution is 2.23. The van der Waals surface area contributed by atoms with Crippen LogP contribution in [0.25, 0.3) is 0 Å². The lowest BCUT2D eigenvalue weighted by Crippen LogP contribution is -2.30. The quantitative estimate of drug-likeness (QED) is 0.850. The Kier molecular flexibility index (Phi) is 4.24. The lowest BCUT2D eigenvalue weighted by Gasteiger charge is -2.20. The molecular weight excluding hydrogens is 274 g/mol. The maximum atomic E-state index is 12.3. The van der Waals surface area contributed by atoms with Crippen LogP contribution in [0.4, 0.5) is 11.4 Å². The molecule has 0 bridgehead atoms. The number of anilines is 2. The van der Waals surface area contributed by atoms with Gasteiger partial charge in [0.2, 0.25) is 10.0 Å². The Bertz CT molecular complexity index is 672. The monoisotopic (exact) mass is 291 g/mol. The zero-order valence-corrected chi connectivity index (χ0v) is 12.0. The van der Waals surface area contributed by atoms with E-state index in [0.29, 0.717) is 17.8 Å². The van der Waals surface area contributed by atoms with Gasteiger partial charge >= 0.3 is 0 Å². The van der Waals surface area contributed by atoms with Crippen LogP contribution in [-0.2, 0) is 16.4 Å². The molecule has 0 spiro atoms. The van der Waals surface area contributed by atoms with Crippen LogP contribution in [0.2, 0.25) is 0 Å². The van der Waals surface area contributed by atoms with Gasteiger partial charge < -0.3 is 5.73 Å². The summed E-state index contributed by atoms with van der Waals surface area (Å²) in [6.07, 6.45) is 3.75.